The van der Waals surface area contributed by atoms with Crippen LogP contribution in [0.4, 0.5) is 37.7 Å². The van der Waals surface area contributed by atoms with Crippen LogP contribution in [0.25, 0.3) is 44.1 Å². The Balaban J connectivity index is 0.000000199. The number of piperidine rings is 1. The van der Waals surface area contributed by atoms with Crippen molar-refractivity contribution in [3.05, 3.63) is 155 Å². The van der Waals surface area contributed by atoms with Gasteiger partial charge >= 0.3 is 12.4 Å². The van der Waals surface area contributed by atoms with Gasteiger partial charge in [-0.25, -0.2) is 0 Å². The summed E-state index contributed by atoms with van der Waals surface area (Å²) in [6.07, 6.45) is 2.11. The van der Waals surface area contributed by atoms with Crippen molar-refractivity contribution in [3.63, 3.8) is 0 Å². The molecule has 0 radical (unpaired) electrons. The van der Waals surface area contributed by atoms with E-state index in [0.29, 0.717) is 21.8 Å². The normalized spacial score (nSPS) is 13.2. The Kier molecular flexibility index (Phi) is 14.7. The van der Waals surface area contributed by atoms with Crippen LogP contribution in [-0.2, 0) is 25.4 Å². The molecule has 1 saturated heterocycles. The zero-order valence-electron chi connectivity index (χ0n) is 36.3. The van der Waals surface area contributed by atoms with Crippen LogP contribution in [0.5, 0.6) is 0 Å². The molecule has 12 nitrogen and oxygen atoms in total. The van der Waals surface area contributed by atoms with Gasteiger partial charge in [0.1, 0.15) is 0 Å². The van der Waals surface area contributed by atoms with Gasteiger partial charge in [-0.15, -0.1) is 0 Å². The highest BCUT2D eigenvalue weighted by atomic mass is 19.4. The number of halogens is 6. The van der Waals surface area contributed by atoms with Crippen molar-refractivity contribution in [1.82, 2.24) is 40.2 Å². The van der Waals surface area contributed by atoms with E-state index in [1.54, 1.807) is 12.4 Å². The van der Waals surface area contributed by atoms with Crippen LogP contribution in [0.15, 0.2) is 122 Å². The molecule has 2 amide bonds. The number of H-pyrrole nitrogens is 2. The molecule has 18 heteroatoms. The number of anilines is 2. The van der Waals surface area contributed by atoms with E-state index in [0.717, 1.165) is 83.8 Å². The Hall–Kier alpha value is -7.44. The van der Waals surface area contributed by atoms with E-state index in [1.165, 1.54) is 43.5 Å². The fraction of sp³-hybridized carbons (Fsp3) is 0.240. The second-order valence-corrected chi connectivity index (χ2v) is 16.5. The van der Waals surface area contributed by atoms with Crippen LogP contribution < -0.4 is 10.6 Å². The lowest BCUT2D eigenvalue weighted by Gasteiger charge is -2.26. The number of hydrogen-bond donors (Lipinski definition) is 4. The number of likely N-dealkylation sites (tertiary alicyclic amines) is 1. The van der Waals surface area contributed by atoms with E-state index < -0.39 is 35.3 Å². The fourth-order valence-corrected chi connectivity index (χ4v) is 7.80. The first-order chi connectivity index (χ1) is 32.1. The molecule has 0 bridgehead atoms. The molecule has 9 rings (SSSR count). The molecule has 0 spiro atoms. The summed E-state index contributed by atoms with van der Waals surface area (Å²) in [7, 11) is 3.96. The van der Waals surface area contributed by atoms with Crippen molar-refractivity contribution in [2.24, 2.45) is 0 Å². The van der Waals surface area contributed by atoms with Crippen LogP contribution in [0.1, 0.15) is 69.9 Å². The van der Waals surface area contributed by atoms with E-state index in [1.807, 2.05) is 73.9 Å². The van der Waals surface area contributed by atoms with Crippen LogP contribution in [-0.4, -0.2) is 79.2 Å². The van der Waals surface area contributed by atoms with Crippen LogP contribution in [0.2, 0.25) is 0 Å². The molecule has 1 fully saturated rings. The van der Waals surface area contributed by atoms with Crippen LogP contribution >= 0.6 is 0 Å². The molecule has 0 saturated carbocycles. The number of carbonyl (C=O) groups is 2. The summed E-state index contributed by atoms with van der Waals surface area (Å²) < 4.78 is 76.6. The van der Waals surface area contributed by atoms with Crippen molar-refractivity contribution in [3.8, 4) is 22.3 Å². The van der Waals surface area contributed by atoms with E-state index in [2.05, 4.69) is 52.0 Å². The number of fused-ring (bicyclic) bond motifs is 2. The lowest BCUT2D eigenvalue weighted by atomic mass is 10.0. The van der Waals surface area contributed by atoms with Gasteiger partial charge < -0.3 is 15.5 Å². The van der Waals surface area contributed by atoms with Gasteiger partial charge in [0, 0.05) is 71.2 Å². The second kappa shape index (κ2) is 20.6. The van der Waals surface area contributed by atoms with Gasteiger partial charge in [-0.3, -0.25) is 34.7 Å². The Morgan fingerprint density at radius 1 is 0.588 bits per heavy atom. The quantitative estimate of drug-likeness (QED) is 0.0991. The molecule has 4 aromatic heterocycles. The summed E-state index contributed by atoms with van der Waals surface area (Å²) >= 11 is 0. The number of rotatable bonds is 10. The average molecular weight is 935 g/mol. The first-order valence-corrected chi connectivity index (χ1v) is 21.3. The Bertz CT molecular complexity index is 3010. The van der Waals surface area contributed by atoms with E-state index in [-0.39, 0.29) is 30.2 Å². The maximum atomic E-state index is 12.9. The van der Waals surface area contributed by atoms with Gasteiger partial charge in [0.25, 0.3) is 11.8 Å². The number of alkyl halides is 6. The Morgan fingerprint density at radius 2 is 1.03 bits per heavy atom. The average Bonchev–Trinajstić information content (AvgIpc) is 3.94. The largest absolute Gasteiger partial charge is 0.416 e. The second-order valence-electron chi connectivity index (χ2n) is 16.5. The maximum Gasteiger partial charge on any atom is 0.416 e. The highest BCUT2D eigenvalue weighted by Gasteiger charge is 2.31. The number of benzene rings is 4. The summed E-state index contributed by atoms with van der Waals surface area (Å²) in [5.74, 6) is -1.03. The molecule has 0 aliphatic carbocycles. The van der Waals surface area contributed by atoms with Crippen molar-refractivity contribution in [2.75, 3.05) is 37.8 Å². The number of carbonyl (C=O) groups excluding carboxylic acids is 2. The van der Waals surface area contributed by atoms with Gasteiger partial charge in [0.05, 0.1) is 22.2 Å². The molecule has 0 atom stereocenters. The van der Waals surface area contributed by atoms with Crippen LogP contribution in [0, 0.1) is 0 Å². The molecule has 4 N–H and O–H groups in total. The Morgan fingerprint density at radius 3 is 1.47 bits per heavy atom. The van der Waals surface area contributed by atoms with Crippen molar-refractivity contribution < 1.29 is 35.9 Å². The zero-order valence-corrected chi connectivity index (χ0v) is 36.3. The van der Waals surface area contributed by atoms with E-state index in [4.69, 9.17) is 0 Å². The SMILES string of the molecule is C.CN(C)Cc1cncc(-c2ccc3[nH]nc(C(=O)Nc4ccc(C(F)(F)F)cc4)c3c2)c1.O=C(Nc1ccc(C(F)(F)F)cc1)c1n[nH]c2ccc(-c3cncc(CN4CCCCC4)c3)cc12. The summed E-state index contributed by atoms with van der Waals surface area (Å²) in [6.45, 7) is 3.80. The molecule has 1 aliphatic rings. The minimum absolute atomic E-state index is 0. The zero-order chi connectivity index (χ0) is 47.3. The predicted molar refractivity (Wildman–Crippen MR) is 251 cm³/mol. The minimum Gasteiger partial charge on any atom is -0.321 e. The van der Waals surface area contributed by atoms with Gasteiger partial charge in [0.2, 0.25) is 0 Å². The number of aromatic amines is 2. The summed E-state index contributed by atoms with van der Waals surface area (Å²) in [4.78, 5) is 38.8. The molecule has 5 heterocycles. The number of hydrogen-bond acceptors (Lipinski definition) is 8. The molecule has 352 valence electrons. The van der Waals surface area contributed by atoms with Gasteiger partial charge in [-0.05, 0) is 147 Å². The van der Waals surface area contributed by atoms with Crippen molar-refractivity contribution >= 4 is 45.0 Å². The number of pyridine rings is 2. The number of aromatic nitrogens is 6. The fourth-order valence-electron chi connectivity index (χ4n) is 7.80. The highest BCUT2D eigenvalue weighted by Crippen LogP contribution is 2.33. The van der Waals surface area contributed by atoms with E-state index in [9.17, 15) is 35.9 Å². The lowest BCUT2D eigenvalue weighted by molar-refractivity contribution is -0.138. The van der Waals surface area contributed by atoms with Crippen molar-refractivity contribution in [1.29, 1.82) is 0 Å². The minimum atomic E-state index is -4.43. The van der Waals surface area contributed by atoms with Gasteiger partial charge in [0.15, 0.2) is 11.4 Å². The van der Waals surface area contributed by atoms with Crippen molar-refractivity contribution in [2.45, 2.75) is 52.1 Å². The van der Waals surface area contributed by atoms with Gasteiger partial charge in [-0.2, -0.15) is 36.5 Å². The smallest absolute Gasteiger partial charge is 0.321 e. The number of nitrogens with one attached hydrogen (secondary N) is 4. The molecule has 4 aromatic carbocycles. The summed E-state index contributed by atoms with van der Waals surface area (Å²) in [5.41, 5.74) is 6.42. The number of nitrogens with zero attached hydrogens (tertiary/aromatic N) is 6. The van der Waals surface area contributed by atoms with Gasteiger partial charge in [-0.1, -0.05) is 26.0 Å². The molecule has 8 aromatic rings. The monoisotopic (exact) mass is 934 g/mol. The number of amides is 2. The molecule has 1 aliphatic heterocycles. The third-order valence-corrected chi connectivity index (χ3v) is 11.1. The molecule has 68 heavy (non-hydrogen) atoms. The topological polar surface area (TPSA) is 148 Å². The third-order valence-electron chi connectivity index (χ3n) is 11.1. The Labute approximate surface area is 387 Å². The standard InChI is InChI=1S/C26H24F3N5O.C23H20F3N5O.CH4/c27-26(28,29)20-5-7-21(8-6-20)31-25(35)24-22-13-18(4-9-23(22)32-33-24)19-12-17(14-30-15-19)16-34-10-2-1-3-11-34;1-31(2)13-14-9-16(12-27-11-14)15-3-8-20-19(10-15)21(30-29-20)22(32)28-18-6-4-17(5-7-18)23(24,25)26;/h4-9,12-15H,1-3,10-11,16H2,(H,31,35)(H,32,33);3-12H,13H2,1-2H3,(H,28,32)(H,29,30);1H4. The molecule has 0 unspecified atom stereocenters. The first kappa shape index (κ1) is 48.5. The third kappa shape index (κ3) is 11.7. The lowest BCUT2D eigenvalue weighted by Crippen LogP contribution is -2.29. The molecular weight excluding hydrogens is 887 g/mol. The summed E-state index contributed by atoms with van der Waals surface area (Å²) in [5, 5.41) is 20.3. The molecular formula is C50H48F6N10O2. The maximum absolute atomic E-state index is 12.9. The predicted octanol–water partition coefficient (Wildman–Crippen LogP) is 11.5. The summed E-state index contributed by atoms with van der Waals surface area (Å²) in [6, 6.07) is 24.0. The van der Waals surface area contributed by atoms with E-state index >= 15 is 0 Å². The first-order valence-electron chi connectivity index (χ1n) is 21.3. The highest BCUT2D eigenvalue weighted by molar-refractivity contribution is 6.12. The van der Waals surface area contributed by atoms with Crippen LogP contribution in [0.3, 0.4) is 0 Å².